The first-order valence-electron chi connectivity index (χ1n) is 40.4. The predicted octanol–water partition coefficient (Wildman–Crippen LogP) is 29.6. The van der Waals surface area contributed by atoms with E-state index in [4.69, 9.17) is 17.6 Å². The van der Waals surface area contributed by atoms with Crippen molar-refractivity contribution in [1.82, 2.24) is 13.3 Å². The number of hydrogen-bond acceptors (Lipinski definition) is 6. The van der Waals surface area contributed by atoms with Gasteiger partial charge in [-0.25, -0.2) is 0 Å². The van der Waals surface area contributed by atoms with Crippen LogP contribution in [0.1, 0.15) is 44.5 Å². The van der Waals surface area contributed by atoms with E-state index in [9.17, 15) is 0 Å². The first kappa shape index (κ1) is 68.6. The second-order valence-corrected chi connectivity index (χ2v) is 31.7. The molecule has 0 saturated carbocycles. The molecule has 1 aliphatic carbocycles. The maximum absolute atomic E-state index is 6.45. The Morgan fingerprint density at radius 1 is 0.271 bits per heavy atom. The molecule has 0 unspecified atom stereocenters. The van der Waals surface area contributed by atoms with Crippen LogP contribution in [0.5, 0.6) is 0 Å². The summed E-state index contributed by atoms with van der Waals surface area (Å²) in [4.78, 5) is 2.36. The molecule has 1 aliphatic rings. The summed E-state index contributed by atoms with van der Waals surface area (Å²) in [5, 5.41) is 6.75. The average Bonchev–Trinajstić information content (AvgIpc) is 1.54. The van der Waals surface area contributed by atoms with Crippen molar-refractivity contribution in [2.75, 3.05) is 4.90 Å². The van der Waals surface area contributed by atoms with Crippen molar-refractivity contribution in [3.8, 4) is 83.6 Å². The van der Waals surface area contributed by atoms with E-state index < -0.39 is 5.41 Å². The van der Waals surface area contributed by atoms with E-state index in [1.807, 2.05) is 24.3 Å². The van der Waals surface area contributed by atoms with Crippen molar-refractivity contribution in [1.29, 1.82) is 0 Å². The van der Waals surface area contributed by atoms with E-state index in [2.05, 4.69) is 398 Å². The molecule has 22 aromatic rings. The van der Waals surface area contributed by atoms with Crippen LogP contribution >= 0.6 is 11.7 Å². The minimum atomic E-state index is -0.526. The fourth-order valence-corrected chi connectivity index (χ4v) is 19.5. The fourth-order valence-electron chi connectivity index (χ4n) is 18.9. The number of aromatic nitrogens is 3. The lowest BCUT2D eigenvalue weighted by Crippen LogP contribution is -2.28. The van der Waals surface area contributed by atoms with Crippen LogP contribution in [0, 0.1) is 0 Å². The van der Waals surface area contributed by atoms with Crippen LogP contribution in [0.2, 0.25) is 0 Å². The van der Waals surface area contributed by atoms with Crippen molar-refractivity contribution in [2.24, 2.45) is 0 Å². The highest BCUT2D eigenvalue weighted by molar-refractivity contribution is 7.00. The molecule has 0 fully saturated rings. The Morgan fingerprint density at radius 2 is 0.686 bits per heavy atom. The van der Waals surface area contributed by atoms with Crippen LogP contribution in [0.25, 0.3) is 160 Å². The third-order valence-corrected chi connectivity index (χ3v) is 25.1. The smallest absolute Gasteiger partial charge is 0.136 e. The average molecular weight is 1530 g/mol. The van der Waals surface area contributed by atoms with E-state index in [-0.39, 0.29) is 0 Å². The van der Waals surface area contributed by atoms with Gasteiger partial charge in [0.25, 0.3) is 0 Å². The number of para-hydroxylation sites is 2. The van der Waals surface area contributed by atoms with Crippen molar-refractivity contribution >= 4 is 106 Å². The number of fused-ring (bicyclic) bond motifs is 13. The lowest BCUT2D eigenvalue weighted by molar-refractivity contribution is 0.668. The van der Waals surface area contributed by atoms with Gasteiger partial charge in [0.2, 0.25) is 0 Å². The molecule has 0 spiro atoms. The monoisotopic (exact) mass is 1520 g/mol. The maximum atomic E-state index is 6.45. The third kappa shape index (κ3) is 11.5. The zero-order valence-corrected chi connectivity index (χ0v) is 65.0. The van der Waals surface area contributed by atoms with Crippen LogP contribution in [0.3, 0.4) is 0 Å². The quantitative estimate of drug-likeness (QED) is 0.0965. The van der Waals surface area contributed by atoms with Crippen LogP contribution < -0.4 is 4.90 Å². The normalized spacial score (nSPS) is 12.4. The van der Waals surface area contributed by atoms with Gasteiger partial charge in [-0.2, -0.15) is 8.75 Å². The number of furan rings is 2. The van der Waals surface area contributed by atoms with E-state index in [1.54, 1.807) is 0 Å². The number of benzene rings is 18. The molecule has 0 atom stereocenters. The number of hydrogen-bond donors (Lipinski definition) is 0. The summed E-state index contributed by atoms with van der Waals surface area (Å²) in [6, 6.07) is 151. The van der Waals surface area contributed by atoms with Gasteiger partial charge in [-0.1, -0.05) is 297 Å². The Hall–Kier alpha value is -15.0. The Bertz CT molecular complexity index is 7440. The van der Waals surface area contributed by atoms with Crippen molar-refractivity contribution in [3.63, 3.8) is 0 Å². The first-order chi connectivity index (χ1) is 58.4. The number of nitrogens with zero attached hydrogens (tertiary/aromatic N) is 4. The standard InChI is InChI=1S/C111H72N4O2S/c1-5-21-71(22-6-1)63-82-25-13-14-30-89(82)90-55-43-76(65-83(90)64-72-23-7-2-8-24-72)73-37-49-86(50-38-73)114(87-51-39-74(40-52-87)79-44-56-93-92-31-15-18-34-100(92)111(101(93)68-79,84-26-9-3-10-27-84)85-28-11-4-12-29-85)104-62-59-91(109-110(104)113-118-112-109)75-41-53-88(54-42-75)115-102-60-47-77(80-45-57-96-94-32-16-19-35-105(94)116-107(96)69-80)66-98(102)99-67-78(48-61-103(99)115)81-46-58-97-95-33-17-20-36-106(95)117-108(97)70-81/h1-62,65-70H,63-64H2. The number of anilines is 3. The van der Waals surface area contributed by atoms with Gasteiger partial charge in [-0.15, -0.1) is 0 Å². The highest BCUT2D eigenvalue weighted by atomic mass is 32.1. The molecule has 7 heteroatoms. The van der Waals surface area contributed by atoms with Crippen LogP contribution in [-0.4, -0.2) is 13.3 Å². The van der Waals surface area contributed by atoms with Crippen molar-refractivity contribution in [2.45, 2.75) is 18.3 Å². The second-order valence-electron chi connectivity index (χ2n) is 31.1. The Kier molecular flexibility index (Phi) is 16.4. The summed E-state index contributed by atoms with van der Waals surface area (Å²) in [7, 11) is 0. The van der Waals surface area contributed by atoms with E-state index in [1.165, 1.54) is 78.5 Å². The summed E-state index contributed by atoms with van der Waals surface area (Å²) in [5.74, 6) is 0. The summed E-state index contributed by atoms with van der Waals surface area (Å²) in [6.45, 7) is 0. The largest absolute Gasteiger partial charge is 0.456 e. The molecule has 0 amide bonds. The molecule has 18 aromatic carbocycles. The summed E-state index contributed by atoms with van der Waals surface area (Å²) < 4.78 is 25.7. The van der Waals surface area contributed by atoms with Gasteiger partial charge in [0.15, 0.2) is 0 Å². The van der Waals surface area contributed by atoms with Gasteiger partial charge in [-0.3, -0.25) is 0 Å². The zero-order valence-electron chi connectivity index (χ0n) is 64.2. The molecule has 0 saturated heterocycles. The van der Waals surface area contributed by atoms with Crippen LogP contribution in [0.4, 0.5) is 17.1 Å². The topological polar surface area (TPSA) is 60.2 Å². The minimum Gasteiger partial charge on any atom is -0.456 e. The van der Waals surface area contributed by atoms with Gasteiger partial charge in [0.05, 0.1) is 33.9 Å². The van der Waals surface area contributed by atoms with Gasteiger partial charge < -0.3 is 18.3 Å². The van der Waals surface area contributed by atoms with Crippen LogP contribution in [-0.2, 0) is 18.3 Å². The molecule has 0 N–H and O–H groups in total. The molecule has 4 heterocycles. The van der Waals surface area contributed by atoms with Gasteiger partial charge in [0, 0.05) is 54.9 Å². The second kappa shape index (κ2) is 28.2. The van der Waals surface area contributed by atoms with Crippen molar-refractivity contribution in [3.05, 3.63) is 457 Å². The lowest BCUT2D eigenvalue weighted by atomic mass is 9.67. The molecular weight excluding hydrogens is 1450 g/mol. The molecule has 0 aliphatic heterocycles. The van der Waals surface area contributed by atoms with Gasteiger partial charge >= 0.3 is 0 Å². The minimum absolute atomic E-state index is 0.526. The van der Waals surface area contributed by atoms with E-state index in [0.29, 0.717) is 0 Å². The fraction of sp³-hybridized carbons (Fsp3) is 0.0270. The summed E-state index contributed by atoms with van der Waals surface area (Å²) >= 11 is 1.25. The molecule has 118 heavy (non-hydrogen) atoms. The zero-order chi connectivity index (χ0) is 77.8. The molecule has 6 nitrogen and oxygen atoms in total. The number of rotatable bonds is 16. The molecule has 23 rings (SSSR count). The van der Waals surface area contributed by atoms with Crippen LogP contribution in [0.15, 0.2) is 421 Å². The molecule has 0 bridgehead atoms. The molecule has 0 radical (unpaired) electrons. The van der Waals surface area contributed by atoms with Crippen molar-refractivity contribution < 1.29 is 8.83 Å². The lowest BCUT2D eigenvalue weighted by Gasteiger charge is -2.34. The molecule has 4 aromatic heterocycles. The Labute approximate surface area is 686 Å². The Morgan fingerprint density at radius 3 is 1.28 bits per heavy atom. The summed E-state index contributed by atoms with van der Waals surface area (Å²) in [5.41, 5.74) is 37.0. The third-order valence-electron chi connectivity index (χ3n) is 24.5. The predicted molar refractivity (Wildman–Crippen MR) is 489 cm³/mol. The first-order valence-corrected chi connectivity index (χ1v) is 41.1. The highest BCUT2D eigenvalue weighted by Crippen LogP contribution is 2.57. The molecular formula is C111H72N4O2S. The van der Waals surface area contributed by atoms with Gasteiger partial charge in [-0.05, 0) is 245 Å². The molecule has 554 valence electrons. The Balaban J connectivity index is 0.629. The maximum Gasteiger partial charge on any atom is 0.136 e. The SMILES string of the molecule is c1ccc(Cc2ccccc2-c2ccc(-c3ccc(N(c4ccc(-c5ccc6c(c5)C(c5ccccc5)(c5ccccc5)c5ccccc5-6)cc4)c4ccc(-c5ccc(-n6c7ccc(-c8ccc9c(c8)oc8ccccc89)cc7c7cc(-c8ccc9c(c8)oc8ccccc89)ccc76)cc5)c5nsnc45)cc3)cc2Cc2ccccc2)cc1. The van der Waals surface area contributed by atoms with Gasteiger partial charge in [0.1, 0.15) is 33.4 Å². The highest BCUT2D eigenvalue weighted by Gasteiger charge is 2.46. The van der Waals surface area contributed by atoms with E-state index >= 15 is 0 Å². The van der Waals surface area contributed by atoms with E-state index in [0.717, 1.165) is 168 Å². The summed E-state index contributed by atoms with van der Waals surface area (Å²) in [6.07, 6.45) is 1.64.